The van der Waals surface area contributed by atoms with Crippen LogP contribution in [0.3, 0.4) is 0 Å². The maximum atomic E-state index is 13.0. The summed E-state index contributed by atoms with van der Waals surface area (Å²) in [5, 5.41) is 3.80. The topological polar surface area (TPSA) is 60.0 Å². The minimum Gasteiger partial charge on any atom is -0.497 e. The molecule has 0 amide bonds. The van der Waals surface area contributed by atoms with Gasteiger partial charge in [0.1, 0.15) is 11.5 Å². The summed E-state index contributed by atoms with van der Waals surface area (Å²) in [5.74, 6) is 0.853. The molecular formula is C23H26N2O4S. The maximum Gasteiger partial charge on any atom is 0.338 e. The van der Waals surface area contributed by atoms with Gasteiger partial charge in [0.15, 0.2) is 5.11 Å². The first-order chi connectivity index (χ1) is 14.4. The van der Waals surface area contributed by atoms with E-state index in [-0.39, 0.29) is 6.61 Å². The predicted molar refractivity (Wildman–Crippen MR) is 121 cm³/mol. The number of carbonyl (C=O) groups is 1. The highest BCUT2D eigenvalue weighted by atomic mass is 32.1. The Hall–Kier alpha value is -3.06. The lowest BCUT2D eigenvalue weighted by Crippen LogP contribution is -2.48. The predicted octanol–water partition coefficient (Wildman–Crippen LogP) is 4.29. The molecule has 1 aliphatic heterocycles. The number of rotatable bonds is 6. The first kappa shape index (κ1) is 21.6. The Balaban J connectivity index is 2.16. The van der Waals surface area contributed by atoms with Gasteiger partial charge in [0.2, 0.25) is 0 Å². The lowest BCUT2D eigenvalue weighted by Gasteiger charge is -2.38. The number of ether oxygens (including phenoxy) is 3. The number of thiocarbonyl (C=S) groups is 1. The van der Waals surface area contributed by atoms with E-state index in [0.717, 1.165) is 16.8 Å². The average molecular weight is 427 g/mol. The molecule has 0 fully saturated rings. The van der Waals surface area contributed by atoms with Crippen molar-refractivity contribution in [2.75, 3.05) is 25.7 Å². The van der Waals surface area contributed by atoms with Crippen LogP contribution in [0, 0.1) is 6.92 Å². The number of allylic oxidation sites excluding steroid dienone is 1. The van der Waals surface area contributed by atoms with E-state index in [2.05, 4.69) is 5.32 Å². The highest BCUT2D eigenvalue weighted by molar-refractivity contribution is 7.80. The van der Waals surface area contributed by atoms with Gasteiger partial charge in [0, 0.05) is 23.0 Å². The van der Waals surface area contributed by atoms with Crippen molar-refractivity contribution in [2.45, 2.75) is 26.8 Å². The number of carbonyl (C=O) groups excluding carboxylic acids is 1. The van der Waals surface area contributed by atoms with Crippen LogP contribution in [-0.4, -0.2) is 31.9 Å². The molecule has 1 N–H and O–H groups in total. The molecule has 0 radical (unpaired) electrons. The zero-order chi connectivity index (χ0) is 21.8. The smallest absolute Gasteiger partial charge is 0.338 e. The third-order valence-electron chi connectivity index (χ3n) is 5.02. The molecule has 2 aromatic carbocycles. The molecule has 3 rings (SSSR count). The number of aryl methyl sites for hydroxylation is 1. The number of anilines is 1. The van der Waals surface area contributed by atoms with Gasteiger partial charge in [-0.05, 0) is 57.3 Å². The first-order valence-electron chi connectivity index (χ1n) is 9.68. The standard InChI is InChI=1S/C23H26N2O4S/c1-6-29-22(26)20-15(3)25(16-9-7-14(2)8-10-16)23(30)24-21(20)18-12-11-17(27-4)13-19(18)28-5/h7-13,21H,6H2,1-5H3,(H,24,30). The number of methoxy groups -OCH3 is 2. The molecule has 158 valence electrons. The summed E-state index contributed by atoms with van der Waals surface area (Å²) >= 11 is 5.69. The van der Waals surface area contributed by atoms with E-state index < -0.39 is 12.0 Å². The molecule has 0 saturated carbocycles. The number of hydrogen-bond donors (Lipinski definition) is 1. The summed E-state index contributed by atoms with van der Waals surface area (Å²) in [7, 11) is 3.18. The van der Waals surface area contributed by atoms with Gasteiger partial charge < -0.3 is 19.5 Å². The molecule has 7 heteroatoms. The van der Waals surface area contributed by atoms with E-state index >= 15 is 0 Å². The molecule has 6 nitrogen and oxygen atoms in total. The van der Waals surface area contributed by atoms with Crippen LogP contribution in [0.25, 0.3) is 0 Å². The van der Waals surface area contributed by atoms with E-state index in [1.807, 2.05) is 55.1 Å². The lowest BCUT2D eigenvalue weighted by molar-refractivity contribution is -0.139. The Labute approximate surface area is 182 Å². The summed E-state index contributed by atoms with van der Waals surface area (Å²) in [6.45, 7) is 5.96. The Morgan fingerprint density at radius 2 is 1.80 bits per heavy atom. The van der Waals surface area contributed by atoms with Gasteiger partial charge >= 0.3 is 5.97 Å². The normalized spacial score (nSPS) is 16.2. The number of nitrogens with one attached hydrogen (secondary N) is 1. The molecule has 0 aromatic heterocycles. The number of esters is 1. The summed E-state index contributed by atoms with van der Waals surface area (Å²) in [4.78, 5) is 14.9. The average Bonchev–Trinajstić information content (AvgIpc) is 2.74. The lowest BCUT2D eigenvalue weighted by atomic mass is 9.93. The molecule has 1 atom stereocenters. The van der Waals surface area contributed by atoms with Crippen molar-refractivity contribution >= 4 is 29.0 Å². The van der Waals surface area contributed by atoms with Crippen LogP contribution in [0.2, 0.25) is 0 Å². The molecule has 1 aliphatic rings. The van der Waals surface area contributed by atoms with Gasteiger partial charge in [0.25, 0.3) is 0 Å². The van der Waals surface area contributed by atoms with Crippen LogP contribution >= 0.6 is 12.2 Å². The highest BCUT2D eigenvalue weighted by Crippen LogP contribution is 2.39. The molecule has 0 spiro atoms. The second-order valence-electron chi connectivity index (χ2n) is 6.88. The SMILES string of the molecule is CCOC(=O)C1=C(C)N(c2ccc(C)cc2)C(=S)NC1c1ccc(OC)cc1OC. The molecule has 0 aliphatic carbocycles. The third-order valence-corrected chi connectivity index (χ3v) is 5.32. The van der Waals surface area contributed by atoms with Crippen LogP contribution in [-0.2, 0) is 9.53 Å². The van der Waals surface area contributed by atoms with Gasteiger partial charge in [0.05, 0.1) is 32.4 Å². The van der Waals surface area contributed by atoms with Gasteiger partial charge in [-0.1, -0.05) is 17.7 Å². The minimum atomic E-state index is -0.515. The van der Waals surface area contributed by atoms with Crippen LogP contribution in [0.4, 0.5) is 5.69 Å². The quantitative estimate of drug-likeness (QED) is 0.546. The van der Waals surface area contributed by atoms with Crippen molar-refractivity contribution in [3.63, 3.8) is 0 Å². The van der Waals surface area contributed by atoms with Gasteiger partial charge in [-0.2, -0.15) is 0 Å². The summed E-state index contributed by atoms with van der Waals surface area (Å²) in [6, 6.07) is 12.9. The Morgan fingerprint density at radius 3 is 2.40 bits per heavy atom. The van der Waals surface area contributed by atoms with Crippen molar-refractivity contribution in [3.8, 4) is 11.5 Å². The first-order valence-corrected chi connectivity index (χ1v) is 10.1. The number of benzene rings is 2. The molecule has 1 unspecified atom stereocenters. The molecule has 0 saturated heterocycles. The van der Waals surface area contributed by atoms with Gasteiger partial charge in [-0.15, -0.1) is 0 Å². The zero-order valence-corrected chi connectivity index (χ0v) is 18.6. The van der Waals surface area contributed by atoms with Crippen molar-refractivity contribution in [1.82, 2.24) is 5.32 Å². The van der Waals surface area contributed by atoms with E-state index in [1.54, 1.807) is 27.2 Å². The fourth-order valence-electron chi connectivity index (χ4n) is 3.51. The third kappa shape index (κ3) is 4.11. The molecular weight excluding hydrogens is 400 g/mol. The van der Waals surface area contributed by atoms with Crippen LogP contribution < -0.4 is 19.7 Å². The second-order valence-corrected chi connectivity index (χ2v) is 7.27. The van der Waals surface area contributed by atoms with Crippen molar-refractivity contribution in [2.24, 2.45) is 0 Å². The van der Waals surface area contributed by atoms with Gasteiger partial charge in [-0.25, -0.2) is 4.79 Å². The molecule has 30 heavy (non-hydrogen) atoms. The van der Waals surface area contributed by atoms with Crippen molar-refractivity contribution in [1.29, 1.82) is 0 Å². The summed E-state index contributed by atoms with van der Waals surface area (Å²) in [6.07, 6.45) is 0. The molecule has 2 aromatic rings. The Kier molecular flexibility index (Phi) is 6.62. The fourth-order valence-corrected chi connectivity index (χ4v) is 3.87. The molecule has 0 bridgehead atoms. The fraction of sp³-hybridized carbons (Fsp3) is 0.304. The van der Waals surface area contributed by atoms with E-state index in [1.165, 1.54) is 0 Å². The highest BCUT2D eigenvalue weighted by Gasteiger charge is 2.36. The zero-order valence-electron chi connectivity index (χ0n) is 17.8. The summed E-state index contributed by atoms with van der Waals surface area (Å²) in [5.41, 5.74) is 3.98. The summed E-state index contributed by atoms with van der Waals surface area (Å²) < 4.78 is 16.3. The van der Waals surface area contributed by atoms with Gasteiger partial charge in [-0.3, -0.25) is 4.90 Å². The maximum absolute atomic E-state index is 13.0. The number of hydrogen-bond acceptors (Lipinski definition) is 5. The van der Waals surface area contributed by atoms with E-state index in [0.29, 0.717) is 27.9 Å². The number of nitrogens with zero attached hydrogens (tertiary/aromatic N) is 1. The van der Waals surface area contributed by atoms with E-state index in [4.69, 9.17) is 26.4 Å². The van der Waals surface area contributed by atoms with Crippen molar-refractivity contribution in [3.05, 3.63) is 64.9 Å². The van der Waals surface area contributed by atoms with Crippen molar-refractivity contribution < 1.29 is 19.0 Å². The Bertz CT molecular complexity index is 985. The van der Waals surface area contributed by atoms with Crippen LogP contribution in [0.1, 0.15) is 31.0 Å². The monoisotopic (exact) mass is 426 g/mol. The largest absolute Gasteiger partial charge is 0.497 e. The second kappa shape index (κ2) is 9.17. The Morgan fingerprint density at radius 1 is 1.10 bits per heavy atom. The van der Waals surface area contributed by atoms with E-state index in [9.17, 15) is 4.79 Å². The van der Waals surface area contributed by atoms with Crippen LogP contribution in [0.15, 0.2) is 53.7 Å². The molecule has 1 heterocycles. The van der Waals surface area contributed by atoms with Crippen LogP contribution in [0.5, 0.6) is 11.5 Å². The minimum absolute atomic E-state index is 0.275.